The van der Waals surface area contributed by atoms with E-state index >= 15 is 0 Å². The van der Waals surface area contributed by atoms with Crippen molar-refractivity contribution in [1.82, 2.24) is 0 Å². The first-order chi connectivity index (χ1) is 5.29. The molecule has 0 heterocycles. The number of hydrogen-bond acceptors (Lipinski definition) is 3. The standard InChI is InChI=1S/C8H11NO2/c1-2-11-8(10)7-5-6(7)3-4-9/h6-7H,2-3,5H2,1H3/t6-,7+/m0/s1. The van der Waals surface area contributed by atoms with Gasteiger partial charge in [-0.2, -0.15) is 5.26 Å². The summed E-state index contributed by atoms with van der Waals surface area (Å²) in [7, 11) is 0. The Balaban J connectivity index is 2.22. The van der Waals surface area contributed by atoms with E-state index in [9.17, 15) is 4.79 Å². The summed E-state index contributed by atoms with van der Waals surface area (Å²) in [6.07, 6.45) is 1.33. The van der Waals surface area contributed by atoms with Crippen LogP contribution in [-0.2, 0) is 9.53 Å². The van der Waals surface area contributed by atoms with Crippen LogP contribution in [0.2, 0.25) is 0 Å². The molecule has 2 atom stereocenters. The van der Waals surface area contributed by atoms with E-state index in [-0.39, 0.29) is 17.8 Å². The van der Waals surface area contributed by atoms with Gasteiger partial charge in [0.05, 0.1) is 18.6 Å². The van der Waals surface area contributed by atoms with Crippen molar-refractivity contribution in [2.24, 2.45) is 11.8 Å². The molecule has 11 heavy (non-hydrogen) atoms. The summed E-state index contributed by atoms with van der Waals surface area (Å²) in [5.41, 5.74) is 0. The molecule has 0 N–H and O–H groups in total. The number of carbonyl (C=O) groups is 1. The molecule has 0 unspecified atom stereocenters. The lowest BCUT2D eigenvalue weighted by molar-refractivity contribution is -0.145. The van der Waals surface area contributed by atoms with Gasteiger partial charge < -0.3 is 4.74 Å². The Morgan fingerprint density at radius 3 is 3.09 bits per heavy atom. The molecule has 0 aromatic carbocycles. The highest BCUT2D eigenvalue weighted by Gasteiger charge is 2.43. The Bertz CT molecular complexity index is 195. The van der Waals surface area contributed by atoms with Crippen molar-refractivity contribution in [2.75, 3.05) is 6.61 Å². The molecule has 3 nitrogen and oxygen atoms in total. The number of nitriles is 1. The molecule has 3 heteroatoms. The van der Waals surface area contributed by atoms with E-state index in [0.29, 0.717) is 13.0 Å². The van der Waals surface area contributed by atoms with Gasteiger partial charge in [-0.05, 0) is 19.3 Å². The van der Waals surface area contributed by atoms with E-state index < -0.39 is 0 Å². The fourth-order valence-electron chi connectivity index (χ4n) is 1.13. The normalized spacial score (nSPS) is 27.3. The maximum atomic E-state index is 11.0. The summed E-state index contributed by atoms with van der Waals surface area (Å²) in [4.78, 5) is 11.0. The molecule has 1 aliphatic carbocycles. The van der Waals surface area contributed by atoms with Crippen LogP contribution in [0.15, 0.2) is 0 Å². The highest BCUT2D eigenvalue weighted by molar-refractivity contribution is 5.75. The van der Waals surface area contributed by atoms with Gasteiger partial charge in [-0.25, -0.2) is 0 Å². The zero-order valence-electron chi connectivity index (χ0n) is 6.54. The van der Waals surface area contributed by atoms with Gasteiger partial charge in [0.25, 0.3) is 0 Å². The number of ether oxygens (including phenoxy) is 1. The minimum atomic E-state index is -0.132. The number of rotatable bonds is 3. The molecule has 0 aromatic heterocycles. The largest absolute Gasteiger partial charge is 0.466 e. The molecule has 60 valence electrons. The fraction of sp³-hybridized carbons (Fsp3) is 0.750. The van der Waals surface area contributed by atoms with Crippen molar-refractivity contribution in [3.05, 3.63) is 0 Å². The SMILES string of the molecule is CCOC(=O)[C@@H]1C[C@@H]1CC#N. The average molecular weight is 153 g/mol. The van der Waals surface area contributed by atoms with Crippen molar-refractivity contribution in [3.8, 4) is 6.07 Å². The Morgan fingerprint density at radius 1 is 1.82 bits per heavy atom. The molecule has 0 amide bonds. The van der Waals surface area contributed by atoms with Gasteiger partial charge in [0.1, 0.15) is 0 Å². The number of hydrogen-bond donors (Lipinski definition) is 0. The van der Waals surface area contributed by atoms with Gasteiger partial charge in [0, 0.05) is 6.42 Å². The molecule has 1 aliphatic rings. The summed E-state index contributed by atoms with van der Waals surface area (Å²) in [6, 6.07) is 2.05. The van der Waals surface area contributed by atoms with E-state index in [1.54, 1.807) is 6.92 Å². The summed E-state index contributed by atoms with van der Waals surface area (Å²) in [5.74, 6) is 0.168. The Morgan fingerprint density at radius 2 is 2.55 bits per heavy atom. The molecule has 1 saturated carbocycles. The maximum Gasteiger partial charge on any atom is 0.309 e. The third-order valence-corrected chi connectivity index (χ3v) is 1.87. The molecule has 0 spiro atoms. The summed E-state index contributed by atoms with van der Waals surface area (Å²) >= 11 is 0. The van der Waals surface area contributed by atoms with E-state index in [4.69, 9.17) is 10.00 Å². The Labute approximate surface area is 66.0 Å². The third-order valence-electron chi connectivity index (χ3n) is 1.87. The maximum absolute atomic E-state index is 11.0. The van der Waals surface area contributed by atoms with Crippen molar-refractivity contribution in [3.63, 3.8) is 0 Å². The van der Waals surface area contributed by atoms with Crippen LogP contribution in [-0.4, -0.2) is 12.6 Å². The summed E-state index contributed by atoms with van der Waals surface area (Å²) in [6.45, 7) is 2.23. The second-order valence-corrected chi connectivity index (χ2v) is 2.72. The number of carbonyl (C=O) groups excluding carboxylic acids is 1. The monoisotopic (exact) mass is 153 g/mol. The quantitative estimate of drug-likeness (QED) is 0.570. The second kappa shape index (κ2) is 3.38. The van der Waals surface area contributed by atoms with Crippen LogP contribution >= 0.6 is 0 Å². The molecular weight excluding hydrogens is 142 g/mol. The van der Waals surface area contributed by atoms with Crippen LogP contribution in [0.3, 0.4) is 0 Å². The van der Waals surface area contributed by atoms with Gasteiger partial charge in [-0.15, -0.1) is 0 Å². The number of nitrogens with zero attached hydrogens (tertiary/aromatic N) is 1. The predicted octanol–water partition coefficient (Wildman–Crippen LogP) is 1.10. The van der Waals surface area contributed by atoms with Crippen molar-refractivity contribution >= 4 is 5.97 Å². The van der Waals surface area contributed by atoms with Crippen LogP contribution in [0.4, 0.5) is 0 Å². The highest BCUT2D eigenvalue weighted by atomic mass is 16.5. The van der Waals surface area contributed by atoms with Crippen molar-refractivity contribution < 1.29 is 9.53 Å². The summed E-state index contributed by atoms with van der Waals surface area (Å²) in [5, 5.41) is 8.30. The van der Waals surface area contributed by atoms with Crippen LogP contribution in [0.25, 0.3) is 0 Å². The van der Waals surface area contributed by atoms with E-state index in [1.807, 2.05) is 6.07 Å². The molecule has 1 rings (SSSR count). The van der Waals surface area contributed by atoms with Gasteiger partial charge in [-0.1, -0.05) is 0 Å². The van der Waals surface area contributed by atoms with Crippen LogP contribution in [0.1, 0.15) is 19.8 Å². The number of esters is 1. The van der Waals surface area contributed by atoms with Gasteiger partial charge in [0.15, 0.2) is 0 Å². The zero-order valence-corrected chi connectivity index (χ0v) is 6.54. The van der Waals surface area contributed by atoms with Crippen molar-refractivity contribution in [2.45, 2.75) is 19.8 Å². The molecular formula is C8H11NO2. The molecule has 0 radical (unpaired) electrons. The van der Waals surface area contributed by atoms with E-state index in [0.717, 1.165) is 6.42 Å². The van der Waals surface area contributed by atoms with Crippen LogP contribution < -0.4 is 0 Å². The molecule has 0 bridgehead atoms. The van der Waals surface area contributed by atoms with Gasteiger partial charge in [-0.3, -0.25) is 4.79 Å². The lowest BCUT2D eigenvalue weighted by atomic mass is 10.2. The molecule has 0 aromatic rings. The first-order valence-electron chi connectivity index (χ1n) is 3.83. The van der Waals surface area contributed by atoms with E-state index in [1.165, 1.54) is 0 Å². The lowest BCUT2D eigenvalue weighted by Crippen LogP contribution is -2.07. The fourth-order valence-corrected chi connectivity index (χ4v) is 1.13. The second-order valence-electron chi connectivity index (χ2n) is 2.72. The Kier molecular flexibility index (Phi) is 2.48. The average Bonchev–Trinajstić information content (AvgIpc) is 2.69. The lowest BCUT2D eigenvalue weighted by Gasteiger charge is -1.97. The minimum Gasteiger partial charge on any atom is -0.466 e. The first kappa shape index (κ1) is 8.06. The molecule has 0 saturated heterocycles. The van der Waals surface area contributed by atoms with Gasteiger partial charge >= 0.3 is 5.97 Å². The van der Waals surface area contributed by atoms with E-state index in [2.05, 4.69) is 0 Å². The topological polar surface area (TPSA) is 50.1 Å². The van der Waals surface area contributed by atoms with Crippen LogP contribution in [0, 0.1) is 23.2 Å². The van der Waals surface area contributed by atoms with Crippen molar-refractivity contribution in [1.29, 1.82) is 5.26 Å². The van der Waals surface area contributed by atoms with Gasteiger partial charge in [0.2, 0.25) is 0 Å². The molecule has 1 fully saturated rings. The Hall–Kier alpha value is -1.04. The first-order valence-corrected chi connectivity index (χ1v) is 3.83. The minimum absolute atomic E-state index is 0.0228. The zero-order chi connectivity index (χ0) is 8.27. The molecule has 0 aliphatic heterocycles. The smallest absolute Gasteiger partial charge is 0.309 e. The van der Waals surface area contributed by atoms with Crippen LogP contribution in [0.5, 0.6) is 0 Å². The summed E-state index contributed by atoms with van der Waals surface area (Å²) < 4.78 is 4.79. The predicted molar refractivity (Wildman–Crippen MR) is 38.5 cm³/mol. The highest BCUT2D eigenvalue weighted by Crippen LogP contribution is 2.41. The third kappa shape index (κ3) is 1.94.